The van der Waals surface area contributed by atoms with Crippen LogP contribution in [0.1, 0.15) is 6.42 Å². The number of hydrogen-bond donors (Lipinski definition) is 3. The standard InChI is InChI=1S/C5H5.3C2HF3O2.5CH3.Ti/c1-2-4-5-3-1;3*3-2(4,5)1(6)7;;;;;;/h1-3H,4H2;3*(H,6,7);5*1H3;. The van der Waals surface area contributed by atoms with E-state index in [0.29, 0.717) is 0 Å². The molecule has 0 saturated heterocycles. The first-order chi connectivity index (χ1) is 13.4. The summed E-state index contributed by atoms with van der Waals surface area (Å²) < 4.78 is 96.9. The van der Waals surface area contributed by atoms with E-state index in [1.165, 1.54) is 6.42 Å². The van der Waals surface area contributed by atoms with Gasteiger partial charge in [-0.25, -0.2) is 14.4 Å². The van der Waals surface area contributed by atoms with Crippen LogP contribution in [0.15, 0.2) is 22.1 Å². The van der Waals surface area contributed by atoms with Gasteiger partial charge in [-0.05, 0) is 0 Å². The van der Waals surface area contributed by atoms with Gasteiger partial charge in [-0.1, -0.05) is 0 Å². The van der Waals surface area contributed by atoms with E-state index < -0.39 is 50.5 Å². The van der Waals surface area contributed by atoms with Crippen LogP contribution in [0.3, 0.4) is 0 Å². The van der Waals surface area contributed by atoms with Crippen LogP contribution in [0.25, 0.3) is 0 Å². The molecule has 0 fully saturated rings. The van der Waals surface area contributed by atoms with Crippen LogP contribution in [0.5, 0.6) is 0 Å². The van der Waals surface area contributed by atoms with Crippen LogP contribution < -0.4 is 0 Å². The van der Waals surface area contributed by atoms with Crippen molar-refractivity contribution >= 4 is 17.9 Å². The van der Waals surface area contributed by atoms with Gasteiger partial charge in [0.05, 0.1) is 0 Å². The van der Waals surface area contributed by atoms with Crippen LogP contribution in [-0.4, -0.2) is 51.8 Å². The molecule has 6 nitrogen and oxygen atoms in total. The Morgan fingerprint density at radius 3 is 0.969 bits per heavy atom. The first kappa shape index (κ1) is 34.6. The summed E-state index contributed by atoms with van der Waals surface area (Å²) in [5.41, 5.74) is 0. The zero-order valence-electron chi connectivity index (χ0n) is 17.4. The van der Waals surface area contributed by atoms with Gasteiger partial charge < -0.3 is 15.3 Å². The molecule has 0 bridgehead atoms. The Labute approximate surface area is 174 Å². The fourth-order valence-corrected chi connectivity index (χ4v) is 4.60. The van der Waals surface area contributed by atoms with Crippen LogP contribution in [0.4, 0.5) is 39.5 Å². The summed E-state index contributed by atoms with van der Waals surface area (Å²) in [6.45, 7) is 0. The summed E-state index contributed by atoms with van der Waals surface area (Å²) >= 11 is -2.61. The second kappa shape index (κ2) is 10.3. The van der Waals surface area contributed by atoms with Gasteiger partial charge in [0, 0.05) is 0 Å². The Balaban J connectivity index is -0.000000361. The number of halogens is 9. The molecule has 0 aromatic heterocycles. The minimum absolute atomic E-state index is 1.20. The third kappa shape index (κ3) is 18.7. The summed E-state index contributed by atoms with van der Waals surface area (Å²) in [5.74, 6) is -8.27. The predicted octanol–water partition coefficient (Wildman–Crippen LogP) is 6.20. The summed E-state index contributed by atoms with van der Waals surface area (Å²) in [6, 6.07) is 0. The Morgan fingerprint density at radius 1 is 0.688 bits per heavy atom. The SMILES string of the molecule is O=C(O)C(F)(F)F.O=C(O)C(F)(F)F.O=C(O)C(F)(F)F.[CH3][Ti]([CH3])([CH3])([CH3])([CH3])[C]1=CC=CC1. The van der Waals surface area contributed by atoms with E-state index in [4.69, 9.17) is 29.7 Å². The number of carboxylic acid groups (broad SMARTS) is 3. The van der Waals surface area contributed by atoms with Crippen LogP contribution >= 0.6 is 0 Å². The summed E-state index contributed by atoms with van der Waals surface area (Å²) in [5, 5.41) is 33.8. The Bertz CT molecular complexity index is 682. The molecule has 190 valence electrons. The fourth-order valence-electron chi connectivity index (χ4n) is 1.37. The predicted molar refractivity (Wildman–Crippen MR) is 92.2 cm³/mol. The average molecular weight is 530 g/mol. The molecule has 16 heteroatoms. The molecule has 0 aromatic rings. The van der Waals surface area contributed by atoms with Crippen LogP contribution in [0, 0.1) is 0 Å². The second-order valence-corrected chi connectivity index (χ2v) is 30.5. The molecule has 1 aliphatic rings. The first-order valence-electron chi connectivity index (χ1n) is 8.20. The molecular formula is C16H23F9O6Ti. The van der Waals surface area contributed by atoms with Gasteiger partial charge in [0.1, 0.15) is 0 Å². The zero-order chi connectivity index (χ0) is 27.0. The van der Waals surface area contributed by atoms with Crippen molar-refractivity contribution in [3.05, 3.63) is 22.1 Å². The minimum atomic E-state index is -5.08. The van der Waals surface area contributed by atoms with Crippen molar-refractivity contribution < 1.29 is 83.2 Å². The van der Waals surface area contributed by atoms with E-state index in [2.05, 4.69) is 44.4 Å². The number of hydrogen-bond acceptors (Lipinski definition) is 3. The quantitative estimate of drug-likeness (QED) is 0.275. The average Bonchev–Trinajstić information content (AvgIpc) is 2.99. The molecule has 1 aliphatic carbocycles. The van der Waals surface area contributed by atoms with E-state index in [0.717, 1.165) is 0 Å². The number of allylic oxidation sites excluding steroid dienone is 4. The van der Waals surface area contributed by atoms with Gasteiger partial charge in [-0.3, -0.25) is 0 Å². The van der Waals surface area contributed by atoms with Crippen LogP contribution in [-0.2, 0) is 28.4 Å². The topological polar surface area (TPSA) is 112 Å². The summed E-state index contributed by atoms with van der Waals surface area (Å²) in [6.07, 6.45) is -7.27. The van der Waals surface area contributed by atoms with Crippen molar-refractivity contribution in [1.29, 1.82) is 0 Å². The van der Waals surface area contributed by atoms with Crippen molar-refractivity contribution in [2.75, 3.05) is 0 Å². The molecule has 0 unspecified atom stereocenters. The van der Waals surface area contributed by atoms with Crippen molar-refractivity contribution in [3.8, 4) is 0 Å². The Morgan fingerprint density at radius 2 is 0.906 bits per heavy atom. The number of aliphatic carboxylic acids is 3. The molecule has 32 heavy (non-hydrogen) atoms. The molecule has 3 N–H and O–H groups in total. The number of carboxylic acids is 3. The molecular weight excluding hydrogens is 507 g/mol. The Hall–Kier alpha value is -2.03. The van der Waals surface area contributed by atoms with Gasteiger partial charge in [0.2, 0.25) is 0 Å². The van der Waals surface area contributed by atoms with E-state index >= 15 is 0 Å². The number of rotatable bonds is 1. The second-order valence-electron chi connectivity index (χ2n) is 9.98. The maximum absolute atomic E-state index is 10.6. The molecule has 0 aliphatic heterocycles. The number of alkyl halides is 9. The summed E-state index contributed by atoms with van der Waals surface area (Å²) in [4.78, 5) is 26.7. The van der Waals surface area contributed by atoms with Crippen molar-refractivity contribution in [2.45, 2.75) is 51.1 Å². The van der Waals surface area contributed by atoms with E-state index in [-0.39, 0.29) is 0 Å². The van der Waals surface area contributed by atoms with E-state index in [9.17, 15) is 39.5 Å². The molecule has 1 rings (SSSR count). The van der Waals surface area contributed by atoms with Gasteiger partial charge >= 0.3 is 105 Å². The molecule has 0 saturated carbocycles. The molecule has 0 spiro atoms. The molecule has 0 atom stereocenters. The monoisotopic (exact) mass is 530 g/mol. The van der Waals surface area contributed by atoms with Crippen molar-refractivity contribution in [3.63, 3.8) is 0 Å². The van der Waals surface area contributed by atoms with Gasteiger partial charge in [-0.2, -0.15) is 39.5 Å². The fraction of sp³-hybridized carbons (Fsp3) is 0.562. The van der Waals surface area contributed by atoms with Crippen molar-refractivity contribution in [1.82, 2.24) is 0 Å². The third-order valence-electron chi connectivity index (χ3n) is 3.10. The Kier molecular flexibility index (Phi) is 11.1. The number of carbonyl (C=O) groups is 3. The van der Waals surface area contributed by atoms with Gasteiger partial charge in [0.15, 0.2) is 0 Å². The van der Waals surface area contributed by atoms with Crippen molar-refractivity contribution in [2.24, 2.45) is 0 Å². The summed E-state index contributed by atoms with van der Waals surface area (Å²) in [7, 11) is 0. The third-order valence-corrected chi connectivity index (χ3v) is 8.70. The molecule has 0 amide bonds. The van der Waals surface area contributed by atoms with Gasteiger partial charge in [0.25, 0.3) is 0 Å². The maximum atomic E-state index is 10.6. The van der Waals surface area contributed by atoms with E-state index in [1.54, 1.807) is 3.88 Å². The normalized spacial score (nSPS) is 15.8. The van der Waals surface area contributed by atoms with E-state index in [1.807, 2.05) is 0 Å². The van der Waals surface area contributed by atoms with Crippen LogP contribution in [0.2, 0.25) is 26.1 Å². The molecule has 0 radical (unpaired) electrons. The zero-order valence-corrected chi connectivity index (χ0v) is 19.0. The molecule has 0 heterocycles. The molecule has 0 aromatic carbocycles. The first-order valence-corrected chi connectivity index (χ1v) is 16.8. The van der Waals surface area contributed by atoms with Gasteiger partial charge in [-0.15, -0.1) is 0 Å².